The van der Waals surface area contributed by atoms with Crippen LogP contribution in [0, 0.1) is 11.8 Å². The molecule has 1 saturated heterocycles. The Kier molecular flexibility index (Phi) is 4.98. The monoisotopic (exact) mass is 355 g/mol. The number of benzene rings is 1. The largest absolute Gasteiger partial charge is 0.353 e. The molecule has 1 aromatic rings. The van der Waals surface area contributed by atoms with Gasteiger partial charge in [0.25, 0.3) is 0 Å². The molecule has 140 valence electrons. The van der Waals surface area contributed by atoms with Gasteiger partial charge in [0.2, 0.25) is 11.8 Å². The SMILES string of the molecule is CN1CCNC(=O)C1CC(=O)N[C@H]1C2CCCCC2[C@@H]1c1ccccc1. The lowest BCUT2D eigenvalue weighted by molar-refractivity contribution is -0.134. The van der Waals surface area contributed by atoms with Crippen LogP contribution in [0.3, 0.4) is 0 Å². The van der Waals surface area contributed by atoms with Crippen molar-refractivity contribution < 1.29 is 9.59 Å². The smallest absolute Gasteiger partial charge is 0.237 e. The van der Waals surface area contributed by atoms with E-state index < -0.39 is 0 Å². The van der Waals surface area contributed by atoms with Crippen molar-refractivity contribution in [2.45, 2.75) is 50.1 Å². The first-order valence-electron chi connectivity index (χ1n) is 9.97. The Morgan fingerprint density at radius 1 is 1.19 bits per heavy atom. The minimum atomic E-state index is -0.346. The van der Waals surface area contributed by atoms with Gasteiger partial charge in [-0.15, -0.1) is 0 Å². The predicted octanol–water partition coefficient (Wildman–Crippen LogP) is 1.90. The molecule has 3 aliphatic rings. The number of hydrogen-bond donors (Lipinski definition) is 2. The van der Waals surface area contributed by atoms with Crippen LogP contribution < -0.4 is 10.6 Å². The van der Waals surface area contributed by atoms with Crippen LogP contribution in [0.4, 0.5) is 0 Å². The average Bonchev–Trinajstić information content (AvgIpc) is 2.64. The molecule has 3 unspecified atom stereocenters. The van der Waals surface area contributed by atoms with Gasteiger partial charge < -0.3 is 10.6 Å². The molecular weight excluding hydrogens is 326 g/mol. The average molecular weight is 355 g/mol. The van der Waals surface area contributed by atoms with E-state index in [4.69, 9.17) is 0 Å². The van der Waals surface area contributed by atoms with Gasteiger partial charge in [-0.05, 0) is 37.3 Å². The number of nitrogens with zero attached hydrogens (tertiary/aromatic N) is 1. The summed E-state index contributed by atoms with van der Waals surface area (Å²) in [7, 11) is 1.92. The number of nitrogens with one attached hydrogen (secondary N) is 2. The predicted molar refractivity (Wildman–Crippen MR) is 101 cm³/mol. The quantitative estimate of drug-likeness (QED) is 0.867. The zero-order valence-electron chi connectivity index (χ0n) is 15.5. The van der Waals surface area contributed by atoms with E-state index in [-0.39, 0.29) is 30.3 Å². The molecule has 2 saturated carbocycles. The molecule has 5 heteroatoms. The molecule has 26 heavy (non-hydrogen) atoms. The molecule has 5 atom stereocenters. The number of likely N-dealkylation sites (N-methyl/N-ethyl adjacent to an activating group) is 1. The lowest BCUT2D eigenvalue weighted by atomic mass is 9.53. The molecule has 2 aliphatic carbocycles. The highest BCUT2D eigenvalue weighted by molar-refractivity contribution is 5.89. The van der Waals surface area contributed by atoms with Crippen LogP contribution in [0.2, 0.25) is 0 Å². The van der Waals surface area contributed by atoms with Crippen molar-refractivity contribution in [3.05, 3.63) is 35.9 Å². The Labute approximate surface area is 155 Å². The first kappa shape index (κ1) is 17.5. The molecule has 1 heterocycles. The van der Waals surface area contributed by atoms with E-state index >= 15 is 0 Å². The normalized spacial score (nSPS) is 34.3. The zero-order chi connectivity index (χ0) is 18.1. The summed E-state index contributed by atoms with van der Waals surface area (Å²) in [6, 6.07) is 10.5. The second-order valence-electron chi connectivity index (χ2n) is 8.13. The Balaban J connectivity index is 1.45. The number of fused-ring (bicyclic) bond motifs is 1. The van der Waals surface area contributed by atoms with E-state index in [1.54, 1.807) is 0 Å². The molecule has 3 fully saturated rings. The molecule has 5 nitrogen and oxygen atoms in total. The third kappa shape index (κ3) is 3.25. The maximum Gasteiger partial charge on any atom is 0.237 e. The van der Waals surface area contributed by atoms with E-state index in [1.165, 1.54) is 31.2 Å². The Morgan fingerprint density at radius 2 is 1.92 bits per heavy atom. The fourth-order valence-corrected chi connectivity index (χ4v) is 5.29. The first-order valence-corrected chi connectivity index (χ1v) is 9.97. The highest BCUT2D eigenvalue weighted by Gasteiger charge is 2.51. The summed E-state index contributed by atoms with van der Waals surface area (Å²) in [5.41, 5.74) is 1.34. The van der Waals surface area contributed by atoms with Gasteiger partial charge in [0.05, 0.1) is 12.5 Å². The van der Waals surface area contributed by atoms with Crippen LogP contribution in [0.15, 0.2) is 30.3 Å². The molecule has 0 bridgehead atoms. The Hall–Kier alpha value is -1.88. The minimum absolute atomic E-state index is 0.00820. The van der Waals surface area contributed by atoms with Crippen molar-refractivity contribution in [3.8, 4) is 0 Å². The van der Waals surface area contributed by atoms with Crippen molar-refractivity contribution in [2.75, 3.05) is 20.1 Å². The van der Waals surface area contributed by atoms with Crippen LogP contribution in [0.1, 0.15) is 43.6 Å². The van der Waals surface area contributed by atoms with E-state index in [0.717, 1.165) is 6.54 Å². The lowest BCUT2D eigenvalue weighted by Gasteiger charge is -2.55. The number of carbonyl (C=O) groups is 2. The van der Waals surface area contributed by atoms with E-state index in [0.29, 0.717) is 24.3 Å². The molecule has 2 N–H and O–H groups in total. The van der Waals surface area contributed by atoms with Crippen LogP contribution in [-0.2, 0) is 9.59 Å². The van der Waals surface area contributed by atoms with Gasteiger partial charge in [-0.25, -0.2) is 0 Å². The van der Waals surface area contributed by atoms with Gasteiger partial charge in [0, 0.05) is 25.0 Å². The summed E-state index contributed by atoms with van der Waals surface area (Å²) in [5, 5.41) is 6.18. The fourth-order valence-electron chi connectivity index (χ4n) is 5.29. The molecule has 0 spiro atoms. The Morgan fingerprint density at radius 3 is 2.65 bits per heavy atom. The minimum Gasteiger partial charge on any atom is -0.353 e. The van der Waals surface area contributed by atoms with Gasteiger partial charge >= 0.3 is 0 Å². The Bertz CT molecular complexity index is 662. The van der Waals surface area contributed by atoms with Gasteiger partial charge in [0.1, 0.15) is 0 Å². The second-order valence-corrected chi connectivity index (χ2v) is 8.13. The molecule has 2 amide bonds. The van der Waals surface area contributed by atoms with Crippen molar-refractivity contribution >= 4 is 11.8 Å². The fraction of sp³-hybridized carbons (Fsp3) is 0.619. The summed E-state index contributed by atoms with van der Waals surface area (Å²) in [5.74, 6) is 1.68. The highest BCUT2D eigenvalue weighted by atomic mass is 16.2. The molecule has 0 aromatic heterocycles. The van der Waals surface area contributed by atoms with Gasteiger partial charge in [-0.3, -0.25) is 14.5 Å². The van der Waals surface area contributed by atoms with Gasteiger partial charge in [-0.1, -0.05) is 43.2 Å². The summed E-state index contributed by atoms with van der Waals surface area (Å²) in [4.78, 5) is 26.8. The topological polar surface area (TPSA) is 61.4 Å². The number of amides is 2. The van der Waals surface area contributed by atoms with Crippen molar-refractivity contribution in [3.63, 3.8) is 0 Å². The van der Waals surface area contributed by atoms with Crippen molar-refractivity contribution in [1.82, 2.24) is 15.5 Å². The second kappa shape index (κ2) is 7.39. The first-order chi connectivity index (χ1) is 12.6. The maximum absolute atomic E-state index is 12.7. The summed E-state index contributed by atoms with van der Waals surface area (Å²) < 4.78 is 0. The van der Waals surface area contributed by atoms with Gasteiger partial charge in [0.15, 0.2) is 0 Å². The molecule has 1 aliphatic heterocycles. The summed E-state index contributed by atoms with van der Waals surface area (Å²) in [6.45, 7) is 1.46. The van der Waals surface area contributed by atoms with Crippen LogP contribution in [-0.4, -0.2) is 48.9 Å². The lowest BCUT2D eigenvalue weighted by Crippen LogP contribution is -2.61. The van der Waals surface area contributed by atoms with Gasteiger partial charge in [-0.2, -0.15) is 0 Å². The van der Waals surface area contributed by atoms with E-state index in [2.05, 4.69) is 34.9 Å². The number of hydrogen-bond acceptors (Lipinski definition) is 3. The number of rotatable bonds is 4. The maximum atomic E-state index is 12.7. The van der Waals surface area contributed by atoms with E-state index in [1.807, 2.05) is 18.0 Å². The van der Waals surface area contributed by atoms with Crippen molar-refractivity contribution in [1.29, 1.82) is 0 Å². The van der Waals surface area contributed by atoms with Crippen molar-refractivity contribution in [2.24, 2.45) is 11.8 Å². The standard InChI is InChI=1S/C21H29N3O2/c1-24-12-11-22-21(26)17(24)13-18(25)23-20-16-10-6-5-9-15(16)19(20)14-7-3-2-4-8-14/h2-4,7-8,15-17,19-20H,5-6,9-13H2,1H3,(H,22,26)(H,23,25)/t15?,16?,17?,19-,20-/m0/s1. The third-order valence-electron chi connectivity index (χ3n) is 6.67. The van der Waals surface area contributed by atoms with E-state index in [9.17, 15) is 9.59 Å². The number of piperazine rings is 1. The van der Waals surface area contributed by atoms with Crippen LogP contribution >= 0.6 is 0 Å². The highest BCUT2D eigenvalue weighted by Crippen LogP contribution is 2.54. The summed E-state index contributed by atoms with van der Waals surface area (Å²) in [6.07, 6.45) is 5.30. The third-order valence-corrected chi connectivity index (χ3v) is 6.67. The van der Waals surface area contributed by atoms with Crippen LogP contribution in [0.25, 0.3) is 0 Å². The molecule has 0 radical (unpaired) electrons. The molecular formula is C21H29N3O2. The van der Waals surface area contributed by atoms with Crippen LogP contribution in [0.5, 0.6) is 0 Å². The molecule has 4 rings (SSSR count). The number of carbonyl (C=O) groups excluding carboxylic acids is 2. The summed E-state index contributed by atoms with van der Waals surface area (Å²) >= 11 is 0. The zero-order valence-corrected chi connectivity index (χ0v) is 15.5. The molecule has 1 aromatic carbocycles.